The highest BCUT2D eigenvalue weighted by atomic mass is 79.9. The molecule has 0 saturated carbocycles. The molecule has 2 atom stereocenters. The van der Waals surface area contributed by atoms with Gasteiger partial charge in [-0.05, 0) is 26.7 Å². The zero-order chi connectivity index (χ0) is 13.1. The maximum Gasteiger partial charge on any atom is 0.241 e. The van der Waals surface area contributed by atoms with E-state index in [4.69, 9.17) is 0 Å². The monoisotopic (exact) mass is 313 g/mol. The van der Waals surface area contributed by atoms with Crippen LogP contribution in [0.15, 0.2) is 0 Å². The van der Waals surface area contributed by atoms with Crippen LogP contribution in [0.3, 0.4) is 0 Å². The van der Waals surface area contributed by atoms with Gasteiger partial charge in [-0.2, -0.15) is 0 Å². The Balaban J connectivity index is 4.73. The van der Waals surface area contributed by atoms with Crippen molar-refractivity contribution < 1.29 is 13.2 Å². The molecule has 0 aromatic heterocycles. The summed E-state index contributed by atoms with van der Waals surface area (Å²) in [5.41, 5.74) is 0. The first-order chi connectivity index (χ1) is 7.04. The van der Waals surface area contributed by atoms with E-state index in [0.29, 0.717) is 0 Å². The van der Waals surface area contributed by atoms with Crippen LogP contribution in [-0.2, 0) is 14.6 Å². The summed E-state index contributed by atoms with van der Waals surface area (Å²) in [5.74, 6) is -0.199. The molecule has 4 nitrogen and oxygen atoms in total. The van der Waals surface area contributed by atoms with Gasteiger partial charge in [0, 0.05) is 17.6 Å². The van der Waals surface area contributed by atoms with E-state index in [1.54, 1.807) is 0 Å². The molecule has 1 N–H and O–H groups in total. The Morgan fingerprint density at radius 3 is 2.12 bits per heavy atom. The fraction of sp³-hybridized carbons (Fsp3) is 0.900. The third kappa shape index (κ3) is 3.73. The highest BCUT2D eigenvalue weighted by Gasteiger charge is 2.39. The summed E-state index contributed by atoms with van der Waals surface area (Å²) in [5, 5.41) is 3.49. The van der Waals surface area contributed by atoms with E-state index < -0.39 is 20.5 Å². The second-order valence-corrected chi connectivity index (χ2v) is 7.89. The lowest BCUT2D eigenvalue weighted by Crippen LogP contribution is -2.51. The fourth-order valence-electron chi connectivity index (χ4n) is 0.825. The van der Waals surface area contributed by atoms with Crippen molar-refractivity contribution in [1.82, 2.24) is 5.32 Å². The molecule has 1 amide bonds. The number of rotatable bonds is 5. The predicted octanol–water partition coefficient (Wildman–Crippen LogP) is 1.35. The first-order valence-corrected chi connectivity index (χ1v) is 8.11. The third-order valence-corrected chi connectivity index (χ3v) is 5.99. The van der Waals surface area contributed by atoms with Gasteiger partial charge >= 0.3 is 0 Å². The average Bonchev–Trinajstić information content (AvgIpc) is 2.14. The van der Waals surface area contributed by atoms with Crippen LogP contribution in [0.25, 0.3) is 0 Å². The molecule has 0 bridgehead atoms. The van der Waals surface area contributed by atoms with Crippen molar-refractivity contribution in [2.75, 3.05) is 11.6 Å². The van der Waals surface area contributed by atoms with Crippen molar-refractivity contribution in [3.05, 3.63) is 0 Å². The van der Waals surface area contributed by atoms with Gasteiger partial charge in [-0.15, -0.1) is 0 Å². The van der Waals surface area contributed by atoms with Crippen molar-refractivity contribution in [3.8, 4) is 0 Å². The number of halogens is 1. The highest BCUT2D eigenvalue weighted by molar-refractivity contribution is 9.09. The fourth-order valence-corrected chi connectivity index (χ4v) is 1.78. The summed E-state index contributed by atoms with van der Waals surface area (Å²) in [6.07, 6.45) is 1.07. The molecular formula is C10H20BrNO3S. The Labute approximate surface area is 106 Å². The maximum absolute atomic E-state index is 11.8. The van der Waals surface area contributed by atoms with Crippen LogP contribution in [-0.4, -0.2) is 36.7 Å². The Kier molecular flexibility index (Phi) is 5.46. The first kappa shape index (κ1) is 15.9. The maximum atomic E-state index is 11.8. The molecule has 16 heavy (non-hydrogen) atoms. The zero-order valence-corrected chi connectivity index (χ0v) is 12.8. The Hall–Kier alpha value is -0.100. The van der Waals surface area contributed by atoms with Crippen LogP contribution in [0.4, 0.5) is 0 Å². The molecule has 0 aliphatic rings. The van der Waals surface area contributed by atoms with Gasteiger partial charge < -0.3 is 5.32 Å². The quantitative estimate of drug-likeness (QED) is 0.779. The molecule has 0 aromatic carbocycles. The molecule has 0 heterocycles. The minimum Gasteiger partial charge on any atom is -0.352 e. The Morgan fingerprint density at radius 1 is 1.38 bits per heavy atom. The summed E-state index contributed by atoms with van der Waals surface area (Å²) >= 11 is 3.33. The lowest BCUT2D eigenvalue weighted by atomic mass is 10.1. The number of carbonyl (C=O) groups is 1. The van der Waals surface area contributed by atoms with Crippen molar-refractivity contribution in [2.45, 2.75) is 38.5 Å². The van der Waals surface area contributed by atoms with Crippen molar-refractivity contribution >= 4 is 31.7 Å². The van der Waals surface area contributed by atoms with Gasteiger partial charge in [-0.25, -0.2) is 8.42 Å². The molecule has 2 unspecified atom stereocenters. The van der Waals surface area contributed by atoms with E-state index in [2.05, 4.69) is 21.2 Å². The van der Waals surface area contributed by atoms with Crippen LogP contribution in [0.5, 0.6) is 0 Å². The minimum atomic E-state index is -3.40. The molecule has 0 aliphatic carbocycles. The van der Waals surface area contributed by atoms with E-state index in [0.717, 1.165) is 11.6 Å². The van der Waals surface area contributed by atoms with Gasteiger partial charge in [0.1, 0.15) is 4.75 Å². The third-order valence-electron chi connectivity index (χ3n) is 2.93. The summed E-state index contributed by atoms with van der Waals surface area (Å²) in [6, 6.07) is -0.0621. The van der Waals surface area contributed by atoms with Gasteiger partial charge in [0.2, 0.25) is 5.91 Å². The molecule has 0 aromatic rings. The lowest BCUT2D eigenvalue weighted by molar-refractivity contribution is -0.123. The van der Waals surface area contributed by atoms with Gasteiger partial charge in [0.25, 0.3) is 0 Å². The topological polar surface area (TPSA) is 63.2 Å². The number of hydrogen-bond donors (Lipinski definition) is 1. The number of carbonyl (C=O) groups excluding carboxylic acids is 1. The van der Waals surface area contributed by atoms with Crippen molar-refractivity contribution in [3.63, 3.8) is 0 Å². The number of hydrogen-bond acceptors (Lipinski definition) is 3. The van der Waals surface area contributed by atoms with Crippen LogP contribution >= 0.6 is 15.9 Å². The predicted molar refractivity (Wildman–Crippen MR) is 69.5 cm³/mol. The van der Waals surface area contributed by atoms with Crippen molar-refractivity contribution in [2.24, 2.45) is 5.92 Å². The molecule has 0 spiro atoms. The average molecular weight is 314 g/mol. The molecule has 0 radical (unpaired) electrons. The number of alkyl halides is 1. The molecule has 0 aliphatic heterocycles. The van der Waals surface area contributed by atoms with Crippen molar-refractivity contribution in [1.29, 1.82) is 0 Å². The molecule has 0 fully saturated rings. The normalized spacial score (nSPS) is 16.6. The largest absolute Gasteiger partial charge is 0.352 e. The number of amides is 1. The molecule has 0 saturated heterocycles. The standard InChI is InChI=1S/C10H20BrNO3S/c1-7(6-11)8(2)12-9(13)10(3,4)16(5,14)15/h7-8H,6H2,1-5H3,(H,12,13). The number of sulfone groups is 1. The van der Waals surface area contributed by atoms with Gasteiger partial charge in [0.05, 0.1) is 0 Å². The molecule has 96 valence electrons. The summed E-state index contributed by atoms with van der Waals surface area (Å²) < 4.78 is 21.5. The van der Waals surface area contributed by atoms with E-state index in [-0.39, 0.29) is 12.0 Å². The van der Waals surface area contributed by atoms with Crippen LogP contribution < -0.4 is 5.32 Å². The van der Waals surface area contributed by atoms with E-state index in [9.17, 15) is 13.2 Å². The van der Waals surface area contributed by atoms with Gasteiger partial charge in [-0.1, -0.05) is 22.9 Å². The van der Waals surface area contributed by atoms with E-state index in [1.165, 1.54) is 13.8 Å². The van der Waals surface area contributed by atoms with Crippen LogP contribution in [0, 0.1) is 5.92 Å². The SMILES string of the molecule is CC(CBr)C(C)NC(=O)C(C)(C)S(C)(=O)=O. The Bertz CT molecular complexity index is 351. The second kappa shape index (κ2) is 5.49. The summed E-state index contributed by atoms with van der Waals surface area (Å²) in [6.45, 7) is 6.68. The van der Waals surface area contributed by atoms with E-state index >= 15 is 0 Å². The van der Waals surface area contributed by atoms with E-state index in [1.807, 2.05) is 13.8 Å². The zero-order valence-electron chi connectivity index (χ0n) is 10.4. The second-order valence-electron chi connectivity index (χ2n) is 4.68. The minimum absolute atomic E-state index is 0.0621. The Morgan fingerprint density at radius 2 is 1.81 bits per heavy atom. The molecule has 6 heteroatoms. The summed E-state index contributed by atoms with van der Waals surface area (Å²) in [4.78, 5) is 11.8. The van der Waals surface area contributed by atoms with Gasteiger partial charge in [-0.3, -0.25) is 4.79 Å². The van der Waals surface area contributed by atoms with Crippen LogP contribution in [0.1, 0.15) is 27.7 Å². The molecular weight excluding hydrogens is 294 g/mol. The van der Waals surface area contributed by atoms with Crippen LogP contribution in [0.2, 0.25) is 0 Å². The first-order valence-electron chi connectivity index (χ1n) is 5.10. The highest BCUT2D eigenvalue weighted by Crippen LogP contribution is 2.16. The smallest absolute Gasteiger partial charge is 0.241 e. The lowest BCUT2D eigenvalue weighted by Gasteiger charge is -2.26. The van der Waals surface area contributed by atoms with Gasteiger partial charge in [0.15, 0.2) is 9.84 Å². The molecule has 0 rings (SSSR count). The number of nitrogens with one attached hydrogen (secondary N) is 1. The summed E-state index contributed by atoms with van der Waals surface area (Å²) in [7, 11) is -3.40.